The first-order chi connectivity index (χ1) is 14.5. The normalized spacial score (nSPS) is 15.1. The third-order valence-corrected chi connectivity index (χ3v) is 7.40. The summed E-state index contributed by atoms with van der Waals surface area (Å²) in [6.07, 6.45) is 2.62. The van der Waals surface area contributed by atoms with Crippen molar-refractivity contribution in [3.8, 4) is 0 Å². The molecule has 4 rings (SSSR count). The topological polar surface area (TPSA) is 51.2 Å². The molecule has 2 heterocycles. The molecule has 0 fully saturated rings. The van der Waals surface area contributed by atoms with Gasteiger partial charge in [-0.2, -0.15) is 0 Å². The lowest BCUT2D eigenvalue weighted by Crippen LogP contribution is -2.30. The highest BCUT2D eigenvalue weighted by atomic mass is 35.5. The molecular weight excluding hydrogens is 437 g/mol. The monoisotopic (exact) mass is 459 g/mol. The molecule has 0 radical (unpaired) electrons. The van der Waals surface area contributed by atoms with Gasteiger partial charge in [-0.1, -0.05) is 35.3 Å². The second-order valence-electron chi connectivity index (χ2n) is 7.37. The van der Waals surface area contributed by atoms with Gasteiger partial charge in [-0.25, -0.2) is 4.98 Å². The van der Waals surface area contributed by atoms with Crippen molar-refractivity contribution >= 4 is 45.8 Å². The van der Waals surface area contributed by atoms with E-state index in [2.05, 4.69) is 29.0 Å². The van der Waals surface area contributed by atoms with Gasteiger partial charge < -0.3 is 14.8 Å². The molecule has 1 unspecified atom stereocenters. The molecule has 0 amide bonds. The van der Waals surface area contributed by atoms with Crippen molar-refractivity contribution in [1.29, 1.82) is 0 Å². The molecule has 1 aromatic heterocycles. The smallest absolute Gasteiger partial charge is 0.274 e. The lowest BCUT2D eigenvalue weighted by atomic mass is 10.1. The highest BCUT2D eigenvalue weighted by Crippen LogP contribution is 2.45. The van der Waals surface area contributed by atoms with E-state index in [0.29, 0.717) is 21.6 Å². The summed E-state index contributed by atoms with van der Waals surface area (Å²) in [5, 5.41) is 5.40. The van der Waals surface area contributed by atoms with E-state index >= 15 is 0 Å². The second kappa shape index (κ2) is 9.16. The minimum atomic E-state index is -1.26. The highest BCUT2D eigenvalue weighted by molar-refractivity contribution is 7.91. The van der Waals surface area contributed by atoms with Gasteiger partial charge in [0.15, 0.2) is 4.90 Å². The van der Waals surface area contributed by atoms with Gasteiger partial charge in [-0.15, -0.1) is 0 Å². The maximum Gasteiger partial charge on any atom is 0.274 e. The van der Waals surface area contributed by atoms with E-state index < -0.39 is 11.2 Å². The number of aromatic nitrogens is 1. The zero-order chi connectivity index (χ0) is 21.3. The van der Waals surface area contributed by atoms with Crippen LogP contribution in [-0.4, -0.2) is 22.6 Å². The Balaban J connectivity index is 1.49. The number of halogens is 2. The molecule has 0 saturated carbocycles. The van der Waals surface area contributed by atoms with Gasteiger partial charge in [0.25, 0.3) is 5.03 Å². The van der Waals surface area contributed by atoms with Crippen LogP contribution in [0, 0.1) is 13.8 Å². The zero-order valence-corrected chi connectivity index (χ0v) is 19.2. The van der Waals surface area contributed by atoms with Crippen LogP contribution < -0.4 is 10.2 Å². The highest BCUT2D eigenvalue weighted by Gasteiger charge is 2.36. The van der Waals surface area contributed by atoms with Crippen molar-refractivity contribution in [3.63, 3.8) is 0 Å². The Hall–Kier alpha value is -1.76. The van der Waals surface area contributed by atoms with Gasteiger partial charge in [0, 0.05) is 40.5 Å². The minimum Gasteiger partial charge on any atom is -0.605 e. The average molecular weight is 460 g/mol. The summed E-state index contributed by atoms with van der Waals surface area (Å²) in [6, 6.07) is 13.5. The van der Waals surface area contributed by atoms with Crippen LogP contribution in [0.5, 0.6) is 0 Å². The zero-order valence-electron chi connectivity index (χ0n) is 16.9. The molecule has 0 spiro atoms. The number of hydrogen-bond acceptors (Lipinski definition) is 4. The second-order valence-corrected chi connectivity index (χ2v) is 9.58. The maximum absolute atomic E-state index is 13.1. The fourth-order valence-electron chi connectivity index (χ4n) is 3.70. The third kappa shape index (κ3) is 4.18. The summed E-state index contributed by atoms with van der Waals surface area (Å²) in [4.78, 5) is 7.52. The van der Waals surface area contributed by atoms with E-state index in [-0.39, 0.29) is 0 Å². The number of pyridine rings is 1. The van der Waals surface area contributed by atoms with Crippen LogP contribution in [0.15, 0.2) is 58.6 Å². The number of aryl methyl sites for hydroxylation is 1. The van der Waals surface area contributed by atoms with Crippen molar-refractivity contribution in [2.45, 2.75) is 36.7 Å². The Kier molecular flexibility index (Phi) is 6.56. The first kappa shape index (κ1) is 21.5. The number of benzene rings is 2. The molecule has 1 N–H and O–H groups in total. The van der Waals surface area contributed by atoms with Crippen molar-refractivity contribution in [2.24, 2.45) is 0 Å². The quantitative estimate of drug-likeness (QED) is 0.373. The Labute approximate surface area is 190 Å². The Morgan fingerprint density at radius 3 is 2.77 bits per heavy atom. The third-order valence-electron chi connectivity index (χ3n) is 5.42. The average Bonchev–Trinajstić information content (AvgIpc) is 2.74. The molecule has 30 heavy (non-hydrogen) atoms. The number of nitrogens with zero attached hydrogens (tertiary/aromatic N) is 2. The van der Waals surface area contributed by atoms with Crippen molar-refractivity contribution in [3.05, 3.63) is 75.4 Å². The number of anilines is 2. The predicted molar refractivity (Wildman–Crippen MR) is 125 cm³/mol. The van der Waals surface area contributed by atoms with Gasteiger partial charge in [-0.05, 0) is 73.8 Å². The molecular formula is C23H23Cl2N3OS. The van der Waals surface area contributed by atoms with Crippen molar-refractivity contribution < 1.29 is 4.55 Å². The lowest BCUT2D eigenvalue weighted by Gasteiger charge is -2.33. The van der Waals surface area contributed by atoms with Gasteiger partial charge >= 0.3 is 0 Å². The molecule has 4 nitrogen and oxygen atoms in total. The van der Waals surface area contributed by atoms with E-state index in [4.69, 9.17) is 23.2 Å². The summed E-state index contributed by atoms with van der Waals surface area (Å²) in [5.74, 6) is 0. The molecule has 1 aliphatic rings. The van der Waals surface area contributed by atoms with Gasteiger partial charge in [0.1, 0.15) is 11.4 Å². The van der Waals surface area contributed by atoms with Crippen LogP contribution >= 0.6 is 23.2 Å². The molecule has 1 atom stereocenters. The molecule has 0 aliphatic carbocycles. The lowest BCUT2D eigenvalue weighted by molar-refractivity contribution is 0.587. The summed E-state index contributed by atoms with van der Waals surface area (Å²) in [6.45, 7) is 6.50. The molecule has 156 valence electrons. The SMILES string of the molecule is Cc1ccc2c(c1C)N(CCCNCc1ccc(Cl)cc1Cl)c1cccnc1[S+]2[O-]. The largest absolute Gasteiger partial charge is 0.605 e. The van der Waals surface area contributed by atoms with Crippen LogP contribution in [0.2, 0.25) is 10.0 Å². The van der Waals surface area contributed by atoms with Crippen LogP contribution in [0.3, 0.4) is 0 Å². The van der Waals surface area contributed by atoms with Crippen LogP contribution in [-0.2, 0) is 17.7 Å². The van der Waals surface area contributed by atoms with E-state index in [1.165, 1.54) is 5.56 Å². The van der Waals surface area contributed by atoms with E-state index in [1.54, 1.807) is 12.3 Å². The molecule has 3 aromatic rings. The van der Waals surface area contributed by atoms with Crippen molar-refractivity contribution in [2.75, 3.05) is 18.0 Å². The molecule has 1 aliphatic heterocycles. The van der Waals surface area contributed by atoms with Gasteiger partial charge in [0.2, 0.25) is 0 Å². The summed E-state index contributed by atoms with van der Waals surface area (Å²) < 4.78 is 13.1. The van der Waals surface area contributed by atoms with Crippen LogP contribution in [0.25, 0.3) is 0 Å². The fraction of sp³-hybridized carbons (Fsp3) is 0.261. The Morgan fingerprint density at radius 2 is 1.97 bits per heavy atom. The molecule has 0 bridgehead atoms. The minimum absolute atomic E-state index is 0.633. The van der Waals surface area contributed by atoms with E-state index in [0.717, 1.165) is 46.9 Å². The summed E-state index contributed by atoms with van der Waals surface area (Å²) in [5.41, 5.74) is 5.36. The molecule has 0 saturated heterocycles. The number of nitrogens with one attached hydrogen (secondary N) is 1. The summed E-state index contributed by atoms with van der Waals surface area (Å²) in [7, 11) is 0. The fourth-order valence-corrected chi connectivity index (χ4v) is 5.54. The first-order valence-electron chi connectivity index (χ1n) is 9.86. The molecule has 7 heteroatoms. The predicted octanol–water partition coefficient (Wildman–Crippen LogP) is 5.80. The summed E-state index contributed by atoms with van der Waals surface area (Å²) >= 11 is 11.0. The standard InChI is InChI=1S/C23H23Cl2N3OS/c1-15-6-9-21-22(16(15)2)28(20-5-3-11-27-23(20)30(21)29)12-4-10-26-14-17-7-8-18(24)13-19(17)25/h3,5-9,11,13,26H,4,10,12,14H2,1-2H3. The van der Waals surface area contributed by atoms with Gasteiger partial charge in [0.05, 0.1) is 0 Å². The van der Waals surface area contributed by atoms with E-state index in [9.17, 15) is 4.55 Å². The van der Waals surface area contributed by atoms with Crippen molar-refractivity contribution in [1.82, 2.24) is 10.3 Å². The number of hydrogen-bond donors (Lipinski definition) is 1. The Bertz CT molecular complexity index is 1080. The van der Waals surface area contributed by atoms with Gasteiger partial charge in [-0.3, -0.25) is 0 Å². The Morgan fingerprint density at radius 1 is 1.13 bits per heavy atom. The molecule has 2 aromatic carbocycles. The van der Waals surface area contributed by atoms with Crippen LogP contribution in [0.4, 0.5) is 11.4 Å². The van der Waals surface area contributed by atoms with E-state index in [1.807, 2.05) is 36.4 Å². The maximum atomic E-state index is 13.1. The van der Waals surface area contributed by atoms with Crippen LogP contribution in [0.1, 0.15) is 23.1 Å². The number of rotatable bonds is 6. The number of fused-ring (bicyclic) bond motifs is 2. The first-order valence-corrected chi connectivity index (χ1v) is 11.8.